The molecule has 2 aromatic rings. The van der Waals surface area contributed by atoms with E-state index in [4.69, 9.17) is 32.7 Å². The Bertz CT molecular complexity index is 1270. The number of hydrogen-bond acceptors (Lipinski definition) is 6. The van der Waals surface area contributed by atoms with Crippen LogP contribution in [0.1, 0.15) is 39.2 Å². The van der Waals surface area contributed by atoms with Crippen LogP contribution in [-0.2, 0) is 26.2 Å². The molecule has 0 fully saturated rings. The van der Waals surface area contributed by atoms with Crippen LogP contribution in [0.15, 0.2) is 36.4 Å². The third kappa shape index (κ3) is 7.45. The van der Waals surface area contributed by atoms with E-state index in [1.54, 1.807) is 37.3 Å². The quantitative estimate of drug-likeness (QED) is 0.422. The number of benzene rings is 2. The highest BCUT2D eigenvalue weighted by Gasteiger charge is 2.32. The number of rotatable bonds is 11. The van der Waals surface area contributed by atoms with Gasteiger partial charge in [0.25, 0.3) is 0 Å². The second kappa shape index (κ2) is 12.9. The predicted molar refractivity (Wildman–Crippen MR) is 149 cm³/mol. The van der Waals surface area contributed by atoms with Gasteiger partial charge in [-0.15, -0.1) is 0 Å². The lowest BCUT2D eigenvalue weighted by Gasteiger charge is -2.33. The molecule has 9 nitrogen and oxygen atoms in total. The summed E-state index contributed by atoms with van der Waals surface area (Å²) in [7, 11) is -3.88. The lowest BCUT2D eigenvalue weighted by Crippen LogP contribution is -2.53. The molecule has 0 unspecified atom stereocenters. The summed E-state index contributed by atoms with van der Waals surface area (Å²) in [6.45, 7) is 5.85. The summed E-state index contributed by atoms with van der Waals surface area (Å²) in [5.74, 6) is 0.0127. The number of fused-ring (bicyclic) bond motifs is 1. The van der Waals surface area contributed by atoms with Gasteiger partial charge in [0.2, 0.25) is 21.8 Å². The summed E-state index contributed by atoms with van der Waals surface area (Å²) < 4.78 is 37.8. The van der Waals surface area contributed by atoms with Crippen LogP contribution in [0, 0.1) is 0 Å². The zero-order chi connectivity index (χ0) is 28.0. The molecule has 1 aliphatic rings. The zero-order valence-electron chi connectivity index (χ0n) is 21.9. The summed E-state index contributed by atoms with van der Waals surface area (Å²) in [6.07, 6.45) is 2.06. The van der Waals surface area contributed by atoms with E-state index < -0.39 is 28.5 Å². The van der Waals surface area contributed by atoms with Crippen molar-refractivity contribution in [2.45, 2.75) is 52.2 Å². The van der Waals surface area contributed by atoms with Crippen LogP contribution in [0.2, 0.25) is 10.0 Å². The van der Waals surface area contributed by atoms with E-state index >= 15 is 0 Å². The smallest absolute Gasteiger partial charge is 0.244 e. The molecule has 1 aliphatic heterocycles. The van der Waals surface area contributed by atoms with E-state index in [9.17, 15) is 18.0 Å². The van der Waals surface area contributed by atoms with Gasteiger partial charge in [-0.1, -0.05) is 43.1 Å². The third-order valence-electron chi connectivity index (χ3n) is 6.22. The lowest BCUT2D eigenvalue weighted by atomic mass is 10.1. The Balaban J connectivity index is 1.97. The number of nitrogens with one attached hydrogen (secondary N) is 1. The molecule has 2 atom stereocenters. The van der Waals surface area contributed by atoms with Crippen molar-refractivity contribution in [2.24, 2.45) is 0 Å². The van der Waals surface area contributed by atoms with Crippen molar-refractivity contribution in [1.82, 2.24) is 10.2 Å². The van der Waals surface area contributed by atoms with Gasteiger partial charge in [-0.25, -0.2) is 8.42 Å². The van der Waals surface area contributed by atoms with Crippen LogP contribution in [0.4, 0.5) is 5.69 Å². The van der Waals surface area contributed by atoms with Gasteiger partial charge in [0, 0.05) is 18.7 Å². The van der Waals surface area contributed by atoms with Crippen LogP contribution >= 0.6 is 23.2 Å². The Labute approximate surface area is 234 Å². The first-order chi connectivity index (χ1) is 17.9. The third-order valence-corrected chi connectivity index (χ3v) is 8.10. The van der Waals surface area contributed by atoms with Crippen molar-refractivity contribution in [1.29, 1.82) is 0 Å². The molecule has 0 aliphatic carbocycles. The number of amides is 2. The normalized spacial score (nSPS) is 14.4. The molecule has 0 radical (unpaired) electrons. The largest absolute Gasteiger partial charge is 0.486 e. The SMILES string of the molecule is CC[C@@H](C)NC(=O)[C@H](CC)N(Cc1ccc(Cl)c(Cl)c1)C(=O)CN(c1ccc2c(c1)OCCO2)S(C)(=O)=O. The molecule has 1 heterocycles. The Morgan fingerprint density at radius 3 is 2.29 bits per heavy atom. The van der Waals surface area contributed by atoms with Crippen LogP contribution in [0.5, 0.6) is 11.5 Å². The molecule has 1 N–H and O–H groups in total. The first-order valence-electron chi connectivity index (χ1n) is 12.4. The molecule has 12 heteroatoms. The summed E-state index contributed by atoms with van der Waals surface area (Å²) in [4.78, 5) is 28.4. The van der Waals surface area contributed by atoms with E-state index in [0.717, 1.165) is 17.0 Å². The molecule has 208 valence electrons. The molecule has 0 saturated carbocycles. The van der Waals surface area contributed by atoms with Gasteiger partial charge in [-0.05, 0) is 49.6 Å². The van der Waals surface area contributed by atoms with Crippen LogP contribution in [-0.4, -0.2) is 63.2 Å². The summed E-state index contributed by atoms with van der Waals surface area (Å²) in [5.41, 5.74) is 0.893. The first kappa shape index (κ1) is 29.9. The lowest BCUT2D eigenvalue weighted by molar-refractivity contribution is -0.140. The average Bonchev–Trinajstić information content (AvgIpc) is 2.88. The van der Waals surface area contributed by atoms with Gasteiger partial charge in [-0.2, -0.15) is 0 Å². The van der Waals surface area contributed by atoms with E-state index in [0.29, 0.717) is 46.7 Å². The number of halogens is 2. The zero-order valence-corrected chi connectivity index (χ0v) is 24.2. The van der Waals surface area contributed by atoms with Crippen molar-refractivity contribution < 1.29 is 27.5 Å². The van der Waals surface area contributed by atoms with Crippen LogP contribution in [0.25, 0.3) is 0 Å². The minimum absolute atomic E-state index is 0.0287. The van der Waals surface area contributed by atoms with E-state index in [2.05, 4.69) is 5.32 Å². The molecule has 2 aromatic carbocycles. The number of nitrogens with zero attached hydrogens (tertiary/aromatic N) is 2. The number of carbonyl (C=O) groups excluding carboxylic acids is 2. The molecule has 0 saturated heterocycles. The fourth-order valence-electron chi connectivity index (χ4n) is 4.00. The van der Waals surface area contributed by atoms with Crippen molar-refractivity contribution >= 4 is 50.7 Å². The molecular weight excluding hydrogens is 553 g/mol. The molecular formula is C26H33Cl2N3O6S. The molecule has 2 amide bonds. The van der Waals surface area contributed by atoms with Crippen LogP contribution in [0.3, 0.4) is 0 Å². The fraction of sp³-hybridized carbons (Fsp3) is 0.462. The van der Waals surface area contributed by atoms with Gasteiger partial charge < -0.3 is 19.7 Å². The molecule has 0 spiro atoms. The maximum absolute atomic E-state index is 13.8. The highest BCUT2D eigenvalue weighted by atomic mass is 35.5. The molecule has 3 rings (SSSR count). The van der Waals surface area contributed by atoms with E-state index in [1.165, 1.54) is 11.0 Å². The number of hydrogen-bond donors (Lipinski definition) is 1. The summed E-state index contributed by atoms with van der Waals surface area (Å²) in [5, 5.41) is 3.60. The second-order valence-electron chi connectivity index (χ2n) is 9.11. The number of ether oxygens (including phenoxy) is 2. The first-order valence-corrected chi connectivity index (χ1v) is 15.0. The minimum Gasteiger partial charge on any atom is -0.486 e. The van der Waals surface area contributed by atoms with Gasteiger partial charge in [0.05, 0.1) is 22.0 Å². The number of sulfonamides is 1. The van der Waals surface area contributed by atoms with Crippen molar-refractivity contribution in [3.63, 3.8) is 0 Å². The topological polar surface area (TPSA) is 105 Å². The second-order valence-corrected chi connectivity index (χ2v) is 11.8. The predicted octanol–water partition coefficient (Wildman–Crippen LogP) is 4.25. The standard InChI is InChI=1S/C26H33Cl2N3O6S/c1-5-17(3)29-26(33)22(6-2)30(15-18-7-9-20(27)21(28)13-18)25(32)16-31(38(4,34)35)19-8-10-23-24(14-19)37-12-11-36-23/h7-10,13-14,17,22H,5-6,11-12,15-16H2,1-4H3,(H,29,33)/t17-,22+/m1/s1. The summed E-state index contributed by atoms with van der Waals surface area (Å²) >= 11 is 12.3. The summed E-state index contributed by atoms with van der Waals surface area (Å²) in [6, 6.07) is 8.70. The minimum atomic E-state index is -3.88. The Morgan fingerprint density at radius 1 is 1.00 bits per heavy atom. The van der Waals surface area contributed by atoms with Gasteiger partial charge in [0.15, 0.2) is 11.5 Å². The van der Waals surface area contributed by atoms with Gasteiger partial charge >= 0.3 is 0 Å². The fourth-order valence-corrected chi connectivity index (χ4v) is 5.16. The molecule has 0 bridgehead atoms. The van der Waals surface area contributed by atoms with E-state index in [-0.39, 0.29) is 24.2 Å². The number of anilines is 1. The van der Waals surface area contributed by atoms with Crippen LogP contribution < -0.4 is 19.1 Å². The molecule has 38 heavy (non-hydrogen) atoms. The monoisotopic (exact) mass is 585 g/mol. The Hall–Kier alpha value is -2.69. The Morgan fingerprint density at radius 2 is 1.68 bits per heavy atom. The highest BCUT2D eigenvalue weighted by molar-refractivity contribution is 7.92. The Kier molecular flexibility index (Phi) is 10.1. The van der Waals surface area contributed by atoms with Crippen molar-refractivity contribution in [3.05, 3.63) is 52.0 Å². The maximum Gasteiger partial charge on any atom is 0.244 e. The molecule has 0 aromatic heterocycles. The maximum atomic E-state index is 13.8. The van der Waals surface area contributed by atoms with Gasteiger partial charge in [0.1, 0.15) is 25.8 Å². The highest BCUT2D eigenvalue weighted by Crippen LogP contribution is 2.35. The van der Waals surface area contributed by atoms with E-state index in [1.807, 2.05) is 13.8 Å². The van der Waals surface area contributed by atoms with Gasteiger partial charge in [-0.3, -0.25) is 13.9 Å². The number of carbonyl (C=O) groups is 2. The average molecular weight is 587 g/mol. The van der Waals surface area contributed by atoms with Crippen molar-refractivity contribution in [2.75, 3.05) is 30.3 Å². The van der Waals surface area contributed by atoms with Crippen molar-refractivity contribution in [3.8, 4) is 11.5 Å².